The topological polar surface area (TPSA) is 30.9 Å². The van der Waals surface area contributed by atoms with Crippen molar-refractivity contribution < 1.29 is 4.39 Å². The maximum Gasteiger partial charge on any atom is 0.193 e. The highest BCUT2D eigenvalue weighted by atomic mass is 79.9. The Morgan fingerprint density at radius 1 is 1.35 bits per heavy atom. The molecule has 0 bridgehead atoms. The summed E-state index contributed by atoms with van der Waals surface area (Å²) in [5, 5.41) is 3.41. The number of hydrogen-bond donors (Lipinski definition) is 1. The van der Waals surface area contributed by atoms with Crippen molar-refractivity contribution in [3.8, 4) is 0 Å². The van der Waals surface area contributed by atoms with Gasteiger partial charge in [0, 0.05) is 49.8 Å². The zero-order chi connectivity index (χ0) is 18.4. The minimum Gasteiger partial charge on any atom is -0.357 e. The molecule has 1 unspecified atom stereocenters. The van der Waals surface area contributed by atoms with Crippen molar-refractivity contribution in [1.29, 1.82) is 0 Å². The van der Waals surface area contributed by atoms with Crippen LogP contribution in [0.15, 0.2) is 39.8 Å². The summed E-state index contributed by atoms with van der Waals surface area (Å²) in [5.41, 5.74) is 0.760. The first-order chi connectivity index (χ1) is 12.7. The van der Waals surface area contributed by atoms with Gasteiger partial charge in [-0.15, -0.1) is 0 Å². The van der Waals surface area contributed by atoms with Crippen LogP contribution in [0.5, 0.6) is 0 Å². The molecule has 1 fully saturated rings. The van der Waals surface area contributed by atoms with Gasteiger partial charge in [-0.05, 0) is 43.9 Å². The maximum absolute atomic E-state index is 13.9. The molecule has 0 radical (unpaired) electrons. The molecule has 0 aromatic heterocycles. The van der Waals surface area contributed by atoms with Gasteiger partial charge in [-0.1, -0.05) is 34.1 Å². The molecule has 1 atom stereocenters. The van der Waals surface area contributed by atoms with E-state index in [1.165, 1.54) is 12.5 Å². The minimum absolute atomic E-state index is 0.142. The second-order valence-electron chi connectivity index (χ2n) is 6.89. The molecular formula is C20H28BrFN4. The Labute approximate surface area is 164 Å². The summed E-state index contributed by atoms with van der Waals surface area (Å²) in [6.07, 6.45) is 7.26. The van der Waals surface area contributed by atoms with Crippen molar-refractivity contribution in [1.82, 2.24) is 15.1 Å². The van der Waals surface area contributed by atoms with Crippen LogP contribution < -0.4 is 5.32 Å². The molecule has 2 heterocycles. The molecule has 26 heavy (non-hydrogen) atoms. The van der Waals surface area contributed by atoms with Crippen LogP contribution in [-0.2, 0) is 6.42 Å². The van der Waals surface area contributed by atoms with Crippen molar-refractivity contribution >= 4 is 21.9 Å². The molecule has 0 spiro atoms. The van der Waals surface area contributed by atoms with E-state index in [0.717, 1.165) is 55.1 Å². The third-order valence-corrected chi connectivity index (χ3v) is 5.53. The smallest absolute Gasteiger partial charge is 0.193 e. The fraction of sp³-hybridized carbons (Fsp3) is 0.550. The van der Waals surface area contributed by atoms with Crippen LogP contribution in [0.1, 0.15) is 25.3 Å². The largest absolute Gasteiger partial charge is 0.357 e. The molecule has 1 aromatic rings. The Morgan fingerprint density at radius 2 is 2.15 bits per heavy atom. The second kappa shape index (κ2) is 9.51. The van der Waals surface area contributed by atoms with Crippen molar-refractivity contribution in [3.05, 3.63) is 46.2 Å². The molecule has 2 aliphatic rings. The summed E-state index contributed by atoms with van der Waals surface area (Å²) >= 11 is 3.30. The molecule has 0 amide bonds. The highest BCUT2D eigenvalue weighted by Crippen LogP contribution is 2.18. The summed E-state index contributed by atoms with van der Waals surface area (Å²) in [6.45, 7) is 7.92. The van der Waals surface area contributed by atoms with Gasteiger partial charge >= 0.3 is 0 Å². The molecule has 1 aromatic carbocycles. The predicted molar refractivity (Wildman–Crippen MR) is 109 cm³/mol. The van der Waals surface area contributed by atoms with E-state index in [0.29, 0.717) is 19.0 Å². The lowest BCUT2D eigenvalue weighted by atomic mass is 10.1. The summed E-state index contributed by atoms with van der Waals surface area (Å²) in [5.74, 6) is 0.857. The lowest BCUT2D eigenvalue weighted by Crippen LogP contribution is -2.42. The maximum atomic E-state index is 13.9. The fourth-order valence-corrected chi connectivity index (χ4v) is 3.96. The van der Waals surface area contributed by atoms with E-state index in [4.69, 9.17) is 4.99 Å². The number of benzene rings is 1. The van der Waals surface area contributed by atoms with Gasteiger partial charge in [0.15, 0.2) is 5.96 Å². The third kappa shape index (κ3) is 5.07. The second-order valence-corrected chi connectivity index (χ2v) is 7.80. The van der Waals surface area contributed by atoms with Crippen LogP contribution in [0, 0.1) is 5.82 Å². The lowest BCUT2D eigenvalue weighted by molar-refractivity contribution is 0.259. The number of likely N-dealkylation sites (tertiary alicyclic amines) is 1. The Hall–Kier alpha value is -1.40. The number of aliphatic imine (C=N–C) groups is 1. The van der Waals surface area contributed by atoms with Gasteiger partial charge in [0.05, 0.1) is 0 Å². The van der Waals surface area contributed by atoms with Gasteiger partial charge in [-0.25, -0.2) is 4.39 Å². The average molecular weight is 423 g/mol. The van der Waals surface area contributed by atoms with Crippen LogP contribution in [0.2, 0.25) is 0 Å². The summed E-state index contributed by atoms with van der Waals surface area (Å²) in [4.78, 5) is 9.68. The molecule has 6 heteroatoms. The van der Waals surface area contributed by atoms with Gasteiger partial charge in [0.2, 0.25) is 0 Å². The summed E-state index contributed by atoms with van der Waals surface area (Å²) in [7, 11) is 0. The highest BCUT2D eigenvalue weighted by molar-refractivity contribution is 9.10. The van der Waals surface area contributed by atoms with Gasteiger partial charge in [-0.2, -0.15) is 0 Å². The van der Waals surface area contributed by atoms with Gasteiger partial charge in [-0.3, -0.25) is 9.89 Å². The molecule has 0 aliphatic carbocycles. The van der Waals surface area contributed by atoms with Crippen LogP contribution in [0.3, 0.4) is 0 Å². The summed E-state index contributed by atoms with van der Waals surface area (Å²) in [6, 6.07) is 5.89. The Bertz CT molecular complexity index is 653. The third-order valence-electron chi connectivity index (χ3n) is 5.04. The monoisotopic (exact) mass is 422 g/mol. The molecule has 1 saturated heterocycles. The zero-order valence-corrected chi connectivity index (χ0v) is 17.0. The van der Waals surface area contributed by atoms with E-state index in [1.807, 2.05) is 12.1 Å². The van der Waals surface area contributed by atoms with E-state index >= 15 is 0 Å². The van der Waals surface area contributed by atoms with E-state index in [-0.39, 0.29) is 5.82 Å². The first-order valence-corrected chi connectivity index (χ1v) is 10.3. The average Bonchev–Trinajstić information content (AvgIpc) is 3.30. The highest BCUT2D eigenvalue weighted by Gasteiger charge is 2.29. The number of nitrogens with zero attached hydrogens (tertiary/aromatic N) is 3. The minimum atomic E-state index is -0.142. The molecule has 1 N–H and O–H groups in total. The Balaban J connectivity index is 1.50. The number of hydrogen-bond acceptors (Lipinski definition) is 2. The van der Waals surface area contributed by atoms with Crippen LogP contribution >= 0.6 is 15.9 Å². The Kier molecular flexibility index (Phi) is 7.08. The first-order valence-electron chi connectivity index (χ1n) is 9.53. The van der Waals surface area contributed by atoms with Gasteiger partial charge in [0.25, 0.3) is 0 Å². The molecule has 0 saturated carbocycles. The lowest BCUT2D eigenvalue weighted by Gasteiger charge is -2.25. The summed E-state index contributed by atoms with van der Waals surface area (Å²) < 4.78 is 14.7. The number of rotatable bonds is 6. The van der Waals surface area contributed by atoms with E-state index in [1.54, 1.807) is 0 Å². The van der Waals surface area contributed by atoms with Crippen molar-refractivity contribution in [2.45, 2.75) is 32.2 Å². The van der Waals surface area contributed by atoms with Crippen molar-refractivity contribution in [2.24, 2.45) is 4.99 Å². The van der Waals surface area contributed by atoms with Gasteiger partial charge < -0.3 is 10.2 Å². The number of aryl methyl sites for hydroxylation is 1. The van der Waals surface area contributed by atoms with Crippen molar-refractivity contribution in [3.63, 3.8) is 0 Å². The Morgan fingerprint density at radius 3 is 2.88 bits per heavy atom. The number of halogens is 2. The normalized spacial score (nSPS) is 21.0. The standard InChI is InChI=1S/C20H28BrFN4/c1-2-23-20(26-13-9-18(15-26)25-11-3-4-12-25)24-10-5-6-16-7-8-17(21)14-19(16)22/h3-4,7-8,14,18H,2,5-6,9-13,15H2,1H3,(H,23,24). The molecule has 3 rings (SSSR count). The van der Waals surface area contributed by atoms with Crippen LogP contribution in [0.4, 0.5) is 4.39 Å². The quantitative estimate of drug-likeness (QED) is 0.329. The van der Waals surface area contributed by atoms with Crippen LogP contribution in [-0.4, -0.2) is 61.1 Å². The van der Waals surface area contributed by atoms with E-state index in [9.17, 15) is 4.39 Å². The van der Waals surface area contributed by atoms with E-state index < -0.39 is 0 Å². The molecule has 142 valence electrons. The molecule has 2 aliphatic heterocycles. The first kappa shape index (κ1) is 19.4. The fourth-order valence-electron chi connectivity index (χ4n) is 3.63. The molecule has 4 nitrogen and oxygen atoms in total. The predicted octanol–water partition coefficient (Wildman–Crippen LogP) is 3.43. The van der Waals surface area contributed by atoms with Gasteiger partial charge in [0.1, 0.15) is 5.82 Å². The van der Waals surface area contributed by atoms with Crippen molar-refractivity contribution in [2.75, 3.05) is 39.3 Å². The zero-order valence-electron chi connectivity index (χ0n) is 15.4. The molecular weight excluding hydrogens is 395 g/mol. The van der Waals surface area contributed by atoms with E-state index in [2.05, 4.69) is 50.1 Å². The SMILES string of the molecule is CCNC(=NCCCc1ccc(Br)cc1F)N1CCC(N2CC=CC2)C1. The van der Waals surface area contributed by atoms with Crippen LogP contribution in [0.25, 0.3) is 0 Å². The number of guanidine groups is 1. The number of nitrogens with one attached hydrogen (secondary N) is 1.